The molecule has 4 aromatic rings. The molecule has 5 rings (SSSR count). The Bertz CT molecular complexity index is 1460. The average Bonchev–Trinajstić information content (AvgIpc) is 3.39. The third-order valence-electron chi connectivity index (χ3n) is 6.07. The second kappa shape index (κ2) is 7.87. The van der Waals surface area contributed by atoms with Crippen LogP contribution in [0.25, 0.3) is 22.6 Å². The highest BCUT2D eigenvalue weighted by Gasteiger charge is 2.40. The molecular formula is C23H23FN5O4P. The lowest BCUT2D eigenvalue weighted by atomic mass is 9.64. The minimum Gasteiger partial charge on any atom is -0.320 e. The van der Waals surface area contributed by atoms with Crippen LogP contribution < -0.4 is 10.8 Å². The van der Waals surface area contributed by atoms with Crippen molar-refractivity contribution in [1.82, 2.24) is 19.2 Å². The maximum absolute atomic E-state index is 14.6. The van der Waals surface area contributed by atoms with Crippen molar-refractivity contribution in [2.75, 3.05) is 5.32 Å². The van der Waals surface area contributed by atoms with Crippen molar-refractivity contribution in [3.05, 3.63) is 60.7 Å². The van der Waals surface area contributed by atoms with Crippen molar-refractivity contribution in [3.8, 4) is 16.9 Å². The first-order valence-electron chi connectivity index (χ1n) is 10.7. The first-order chi connectivity index (χ1) is 16.0. The summed E-state index contributed by atoms with van der Waals surface area (Å²) in [5.41, 5.74) is 1.72. The second-order valence-corrected chi connectivity index (χ2v) is 10.9. The van der Waals surface area contributed by atoms with E-state index in [1.54, 1.807) is 28.8 Å². The topological polar surface area (TPSA) is 122 Å². The summed E-state index contributed by atoms with van der Waals surface area (Å²) >= 11 is 0. The number of anilines is 1. The first-order valence-corrected chi connectivity index (χ1v) is 12.3. The molecule has 34 heavy (non-hydrogen) atoms. The van der Waals surface area contributed by atoms with E-state index in [2.05, 4.69) is 29.2 Å². The van der Waals surface area contributed by atoms with E-state index in [0.29, 0.717) is 22.7 Å². The van der Waals surface area contributed by atoms with Crippen LogP contribution in [0.4, 0.5) is 10.2 Å². The van der Waals surface area contributed by atoms with E-state index in [1.807, 2.05) is 6.07 Å². The lowest BCUT2D eigenvalue weighted by Crippen LogP contribution is -2.39. The van der Waals surface area contributed by atoms with E-state index in [1.165, 1.54) is 18.3 Å². The van der Waals surface area contributed by atoms with Crippen LogP contribution in [0.2, 0.25) is 0 Å². The normalized spacial score (nSPS) is 15.9. The van der Waals surface area contributed by atoms with Crippen molar-refractivity contribution in [2.45, 2.75) is 26.7 Å². The molecule has 0 saturated heterocycles. The molecule has 11 heteroatoms. The number of nitrogens with one attached hydrogen (secondary N) is 1. The van der Waals surface area contributed by atoms with E-state index in [0.717, 1.165) is 23.6 Å². The summed E-state index contributed by atoms with van der Waals surface area (Å²) in [5.74, 6) is -0.236. The summed E-state index contributed by atoms with van der Waals surface area (Å²) in [6.07, 6.45) is 4.69. The van der Waals surface area contributed by atoms with Crippen LogP contribution in [0.1, 0.15) is 26.7 Å². The first kappa shape index (κ1) is 22.5. The molecule has 3 heterocycles. The summed E-state index contributed by atoms with van der Waals surface area (Å²) in [5, 5.41) is 6.73. The molecule has 1 fully saturated rings. The predicted molar refractivity (Wildman–Crippen MR) is 125 cm³/mol. The quantitative estimate of drug-likeness (QED) is 0.374. The molecule has 0 spiro atoms. The molecule has 1 aromatic carbocycles. The van der Waals surface area contributed by atoms with Gasteiger partial charge in [-0.1, -0.05) is 19.9 Å². The SMILES string of the molecule is CC1(C)CC(C(=O)Nc2cn3c(-c4ccc(F)c(-n5ccc(P(=O)(O)O)n5)c4)cccc3n2)C1. The van der Waals surface area contributed by atoms with Crippen molar-refractivity contribution < 1.29 is 23.5 Å². The van der Waals surface area contributed by atoms with Crippen molar-refractivity contribution >= 4 is 30.4 Å². The van der Waals surface area contributed by atoms with Gasteiger partial charge in [-0.25, -0.2) is 14.1 Å². The highest BCUT2D eigenvalue weighted by Crippen LogP contribution is 2.45. The summed E-state index contributed by atoms with van der Waals surface area (Å²) in [7, 11) is -4.56. The zero-order valence-electron chi connectivity index (χ0n) is 18.5. The summed E-state index contributed by atoms with van der Waals surface area (Å²) in [6.45, 7) is 4.28. The number of hydrogen-bond donors (Lipinski definition) is 3. The Kier molecular flexibility index (Phi) is 5.20. The van der Waals surface area contributed by atoms with Gasteiger partial charge in [-0.05, 0) is 54.7 Å². The standard InChI is InChI=1S/C23H23FN5O4P/c1-23(2)11-15(12-23)22(30)26-19-13-28-17(4-3-5-20(28)25-19)14-6-7-16(24)18(10-14)29-9-8-21(27-29)34(31,32)33/h3-10,13,15H,11-12H2,1-2H3,(H,26,30)(H2,31,32,33). The van der Waals surface area contributed by atoms with Crippen molar-refractivity contribution in [1.29, 1.82) is 0 Å². The lowest BCUT2D eigenvalue weighted by Gasteiger charge is -2.41. The van der Waals surface area contributed by atoms with Gasteiger partial charge in [0.05, 0.1) is 11.9 Å². The zero-order valence-corrected chi connectivity index (χ0v) is 19.4. The molecule has 176 valence electrons. The number of carbonyl (C=O) groups is 1. The number of fused-ring (bicyclic) bond motifs is 1. The number of benzene rings is 1. The van der Waals surface area contributed by atoms with Crippen LogP contribution in [0, 0.1) is 17.2 Å². The third kappa shape index (κ3) is 4.16. The molecule has 0 bridgehead atoms. The maximum Gasteiger partial charge on any atom is 0.376 e. The summed E-state index contributed by atoms with van der Waals surface area (Å²) < 4.78 is 28.9. The monoisotopic (exact) mass is 483 g/mol. The molecule has 1 aliphatic rings. The summed E-state index contributed by atoms with van der Waals surface area (Å²) in [4.78, 5) is 35.7. The van der Waals surface area contributed by atoms with E-state index in [-0.39, 0.29) is 22.9 Å². The molecule has 3 aromatic heterocycles. The van der Waals surface area contributed by atoms with Gasteiger partial charge in [0.2, 0.25) is 5.91 Å². The van der Waals surface area contributed by atoms with Crippen LogP contribution >= 0.6 is 7.60 Å². The fourth-order valence-electron chi connectivity index (χ4n) is 4.45. The maximum atomic E-state index is 14.6. The molecule has 1 aliphatic carbocycles. The molecule has 1 saturated carbocycles. The highest BCUT2D eigenvalue weighted by molar-refractivity contribution is 7.60. The number of aromatic nitrogens is 4. The van der Waals surface area contributed by atoms with Gasteiger partial charge in [0.15, 0.2) is 11.3 Å². The van der Waals surface area contributed by atoms with E-state index >= 15 is 0 Å². The number of carbonyl (C=O) groups excluding carboxylic acids is 1. The van der Waals surface area contributed by atoms with Gasteiger partial charge in [-0.2, -0.15) is 5.10 Å². The summed E-state index contributed by atoms with van der Waals surface area (Å²) in [6, 6.07) is 11.0. The average molecular weight is 483 g/mol. The minimum atomic E-state index is -4.56. The van der Waals surface area contributed by atoms with E-state index in [9.17, 15) is 23.5 Å². The molecule has 3 N–H and O–H groups in total. The van der Waals surface area contributed by atoms with Gasteiger partial charge in [0, 0.05) is 17.7 Å². The minimum absolute atomic E-state index is 0.0222. The fraction of sp³-hybridized carbons (Fsp3) is 0.261. The van der Waals surface area contributed by atoms with E-state index in [4.69, 9.17) is 0 Å². The highest BCUT2D eigenvalue weighted by atomic mass is 31.2. The molecule has 1 amide bonds. The number of amides is 1. The molecule has 0 radical (unpaired) electrons. The van der Waals surface area contributed by atoms with Gasteiger partial charge in [0.1, 0.15) is 17.2 Å². The van der Waals surface area contributed by atoms with Gasteiger partial charge in [0.25, 0.3) is 0 Å². The Morgan fingerprint density at radius 2 is 1.97 bits per heavy atom. The lowest BCUT2D eigenvalue weighted by molar-refractivity contribution is -0.126. The number of imidazole rings is 1. The van der Waals surface area contributed by atoms with Crippen LogP contribution in [-0.4, -0.2) is 34.9 Å². The Labute approximate surface area is 194 Å². The van der Waals surface area contributed by atoms with Gasteiger partial charge in [-0.15, -0.1) is 0 Å². The zero-order chi connectivity index (χ0) is 24.3. The van der Waals surface area contributed by atoms with Crippen LogP contribution in [0.3, 0.4) is 0 Å². The van der Waals surface area contributed by atoms with E-state index < -0.39 is 18.8 Å². The van der Waals surface area contributed by atoms with Crippen LogP contribution in [-0.2, 0) is 9.36 Å². The number of hydrogen-bond acceptors (Lipinski definition) is 4. The number of nitrogens with zero attached hydrogens (tertiary/aromatic N) is 4. The molecule has 0 aliphatic heterocycles. The number of pyridine rings is 1. The number of halogens is 1. The van der Waals surface area contributed by atoms with Crippen LogP contribution in [0.15, 0.2) is 54.9 Å². The fourth-order valence-corrected chi connectivity index (χ4v) is 4.92. The van der Waals surface area contributed by atoms with Crippen LogP contribution in [0.5, 0.6) is 0 Å². The molecule has 9 nitrogen and oxygen atoms in total. The Morgan fingerprint density at radius 3 is 2.65 bits per heavy atom. The Balaban J connectivity index is 1.47. The molecule has 0 atom stereocenters. The Hall–Kier alpha value is -3.33. The van der Waals surface area contributed by atoms with Gasteiger partial charge >= 0.3 is 7.60 Å². The smallest absolute Gasteiger partial charge is 0.320 e. The van der Waals surface area contributed by atoms with Gasteiger partial charge in [-0.3, -0.25) is 13.8 Å². The van der Waals surface area contributed by atoms with Crippen molar-refractivity contribution in [3.63, 3.8) is 0 Å². The molecular weight excluding hydrogens is 460 g/mol. The second-order valence-electron chi connectivity index (χ2n) is 9.35. The van der Waals surface area contributed by atoms with Gasteiger partial charge < -0.3 is 15.1 Å². The Morgan fingerprint density at radius 1 is 1.21 bits per heavy atom. The largest absolute Gasteiger partial charge is 0.376 e. The predicted octanol–water partition coefficient (Wildman–Crippen LogP) is 3.50. The third-order valence-corrected chi connectivity index (χ3v) is 6.91. The molecule has 0 unspecified atom stereocenters. The number of rotatable bonds is 5. The van der Waals surface area contributed by atoms with Crippen molar-refractivity contribution in [2.24, 2.45) is 11.3 Å².